The Morgan fingerprint density at radius 3 is 2.73 bits per heavy atom. The number of esters is 1. The van der Waals surface area contributed by atoms with Crippen LogP contribution in [0.3, 0.4) is 0 Å². The van der Waals surface area contributed by atoms with E-state index in [2.05, 4.69) is 0 Å². The molecule has 1 aliphatic heterocycles. The predicted molar refractivity (Wildman–Crippen MR) is 95.1 cm³/mol. The molecule has 1 saturated carbocycles. The Morgan fingerprint density at radius 1 is 1.23 bits per heavy atom. The van der Waals surface area contributed by atoms with E-state index in [-0.39, 0.29) is 22.5 Å². The van der Waals surface area contributed by atoms with Gasteiger partial charge in [-0.05, 0) is 43.7 Å². The molecule has 2 fully saturated rings. The number of hydrogen-bond acceptors (Lipinski definition) is 5. The number of nitrogens with zero attached hydrogens (tertiary/aromatic N) is 2. The highest BCUT2D eigenvalue weighted by Gasteiger charge is 2.36. The molecule has 1 heterocycles. The zero-order valence-electron chi connectivity index (χ0n) is 14.4. The van der Waals surface area contributed by atoms with Crippen molar-refractivity contribution < 1.29 is 19.2 Å². The molecule has 1 aromatic carbocycles. The Morgan fingerprint density at radius 2 is 1.96 bits per heavy atom. The maximum Gasteiger partial charge on any atom is 0.345 e. The molecule has 0 bridgehead atoms. The molecule has 0 radical (unpaired) electrons. The molecule has 2 atom stereocenters. The van der Waals surface area contributed by atoms with Crippen LogP contribution in [-0.4, -0.2) is 40.9 Å². The second kappa shape index (κ2) is 8.03. The Hall–Kier alpha value is -2.15. The number of piperidine rings is 1. The first-order valence-electron chi connectivity index (χ1n) is 8.88. The van der Waals surface area contributed by atoms with Gasteiger partial charge in [0.25, 0.3) is 11.6 Å². The minimum atomic E-state index is -0.912. The molecule has 1 aliphatic carbocycles. The van der Waals surface area contributed by atoms with Gasteiger partial charge in [-0.25, -0.2) is 4.79 Å². The average molecular weight is 381 g/mol. The number of nitro groups is 1. The number of carbonyl (C=O) groups is 2. The molecule has 0 spiro atoms. The molecule has 3 rings (SSSR count). The minimum Gasteiger partial charge on any atom is -0.452 e. The largest absolute Gasteiger partial charge is 0.452 e. The Kier molecular flexibility index (Phi) is 5.76. The van der Waals surface area contributed by atoms with E-state index in [0.29, 0.717) is 12.5 Å². The van der Waals surface area contributed by atoms with Crippen LogP contribution in [-0.2, 0) is 9.53 Å². The van der Waals surface area contributed by atoms with Gasteiger partial charge in [0.15, 0.2) is 6.61 Å². The van der Waals surface area contributed by atoms with Crippen molar-refractivity contribution in [3.8, 4) is 0 Å². The van der Waals surface area contributed by atoms with E-state index in [9.17, 15) is 19.7 Å². The number of fused-ring (bicyclic) bond motifs is 1. The van der Waals surface area contributed by atoms with Crippen LogP contribution in [0.1, 0.15) is 48.9 Å². The van der Waals surface area contributed by atoms with Gasteiger partial charge in [-0.3, -0.25) is 14.9 Å². The van der Waals surface area contributed by atoms with Gasteiger partial charge in [0.2, 0.25) is 0 Å². The third-order valence-corrected chi connectivity index (χ3v) is 5.50. The molecular weight excluding hydrogens is 360 g/mol. The summed E-state index contributed by atoms with van der Waals surface area (Å²) in [4.78, 5) is 37.0. The quantitative estimate of drug-likeness (QED) is 0.452. The number of ether oxygens (including phenoxy) is 1. The number of benzene rings is 1. The molecule has 140 valence electrons. The molecule has 0 unspecified atom stereocenters. The van der Waals surface area contributed by atoms with E-state index in [1.54, 1.807) is 0 Å². The maximum absolute atomic E-state index is 12.6. The normalized spacial score (nSPS) is 22.4. The first-order chi connectivity index (χ1) is 12.5. The van der Waals surface area contributed by atoms with Crippen molar-refractivity contribution in [3.63, 3.8) is 0 Å². The number of likely N-dealkylation sites (tertiary alicyclic amines) is 1. The van der Waals surface area contributed by atoms with Crippen LogP contribution in [0.2, 0.25) is 5.02 Å². The van der Waals surface area contributed by atoms with Gasteiger partial charge in [0.1, 0.15) is 5.56 Å². The summed E-state index contributed by atoms with van der Waals surface area (Å²) in [5.74, 6) is -0.615. The summed E-state index contributed by atoms with van der Waals surface area (Å²) < 4.78 is 5.08. The maximum atomic E-state index is 12.6. The van der Waals surface area contributed by atoms with Crippen LogP contribution in [0.4, 0.5) is 5.69 Å². The summed E-state index contributed by atoms with van der Waals surface area (Å²) >= 11 is 5.82. The summed E-state index contributed by atoms with van der Waals surface area (Å²) in [7, 11) is 0. The van der Waals surface area contributed by atoms with Gasteiger partial charge >= 0.3 is 5.97 Å². The lowest BCUT2D eigenvalue weighted by molar-refractivity contribution is -0.385. The predicted octanol–water partition coefficient (Wildman–Crippen LogP) is 3.59. The fraction of sp³-hybridized carbons (Fsp3) is 0.556. The second-order valence-electron chi connectivity index (χ2n) is 6.84. The monoisotopic (exact) mass is 380 g/mol. The zero-order valence-corrected chi connectivity index (χ0v) is 15.1. The molecule has 1 aromatic rings. The smallest absolute Gasteiger partial charge is 0.345 e. The number of amides is 1. The molecule has 26 heavy (non-hydrogen) atoms. The van der Waals surface area contributed by atoms with Crippen LogP contribution in [0.5, 0.6) is 0 Å². The molecule has 0 N–H and O–H groups in total. The van der Waals surface area contributed by atoms with E-state index in [1.807, 2.05) is 4.90 Å². The lowest BCUT2D eigenvalue weighted by Gasteiger charge is -2.44. The van der Waals surface area contributed by atoms with Gasteiger partial charge in [-0.2, -0.15) is 0 Å². The highest BCUT2D eigenvalue weighted by molar-refractivity contribution is 6.31. The SMILES string of the molecule is O=C(OCC(=O)N1CCC[C@@H]2CCCC[C@H]21)c1cc(Cl)ccc1[N+](=O)[O-]. The molecule has 1 saturated heterocycles. The lowest BCUT2D eigenvalue weighted by atomic mass is 9.78. The van der Waals surface area contributed by atoms with Gasteiger partial charge in [-0.15, -0.1) is 0 Å². The summed E-state index contributed by atoms with van der Waals surface area (Å²) in [6, 6.07) is 3.89. The highest BCUT2D eigenvalue weighted by atomic mass is 35.5. The highest BCUT2D eigenvalue weighted by Crippen LogP contribution is 2.35. The van der Waals surface area contributed by atoms with E-state index in [0.717, 1.165) is 38.2 Å². The average Bonchev–Trinajstić information content (AvgIpc) is 2.65. The lowest BCUT2D eigenvalue weighted by Crippen LogP contribution is -2.50. The minimum absolute atomic E-state index is 0.190. The van der Waals surface area contributed by atoms with Crippen molar-refractivity contribution >= 4 is 29.2 Å². The van der Waals surface area contributed by atoms with Crippen molar-refractivity contribution in [3.05, 3.63) is 38.9 Å². The standard InChI is InChI=1S/C18H21ClN2O5/c19-13-7-8-16(21(24)25)14(10-13)18(23)26-11-17(22)20-9-3-5-12-4-1-2-6-15(12)20/h7-8,10,12,15H,1-6,9,11H2/t12-,15+/m0/s1. The Labute approximate surface area is 156 Å². The Balaban J connectivity index is 1.65. The molecule has 1 amide bonds. The van der Waals surface area contributed by atoms with E-state index in [1.165, 1.54) is 18.6 Å². The van der Waals surface area contributed by atoms with Crippen LogP contribution in [0, 0.1) is 16.0 Å². The van der Waals surface area contributed by atoms with Crippen molar-refractivity contribution in [1.29, 1.82) is 0 Å². The van der Waals surface area contributed by atoms with Crippen molar-refractivity contribution in [2.45, 2.75) is 44.6 Å². The summed E-state index contributed by atoms with van der Waals surface area (Å²) in [6.45, 7) is 0.264. The molecular formula is C18H21ClN2O5. The number of halogens is 1. The number of rotatable bonds is 4. The van der Waals surface area contributed by atoms with E-state index in [4.69, 9.17) is 16.3 Å². The number of hydrogen-bond donors (Lipinski definition) is 0. The number of nitro benzene ring substituents is 1. The first-order valence-corrected chi connectivity index (χ1v) is 9.25. The van der Waals surface area contributed by atoms with Gasteiger partial charge < -0.3 is 9.64 Å². The van der Waals surface area contributed by atoms with Gasteiger partial charge in [-0.1, -0.05) is 24.4 Å². The van der Waals surface area contributed by atoms with Gasteiger partial charge in [0.05, 0.1) is 4.92 Å². The topological polar surface area (TPSA) is 89.8 Å². The van der Waals surface area contributed by atoms with Gasteiger partial charge in [0, 0.05) is 23.7 Å². The summed E-state index contributed by atoms with van der Waals surface area (Å²) in [5.41, 5.74) is -0.637. The van der Waals surface area contributed by atoms with Crippen LogP contribution in [0.25, 0.3) is 0 Å². The second-order valence-corrected chi connectivity index (χ2v) is 7.27. The molecule has 7 nitrogen and oxygen atoms in total. The fourth-order valence-corrected chi connectivity index (χ4v) is 4.23. The van der Waals surface area contributed by atoms with Crippen LogP contribution in [0.15, 0.2) is 18.2 Å². The first kappa shape index (κ1) is 18.6. The van der Waals surface area contributed by atoms with Crippen LogP contribution < -0.4 is 0 Å². The summed E-state index contributed by atoms with van der Waals surface area (Å²) in [5, 5.41) is 11.2. The third-order valence-electron chi connectivity index (χ3n) is 5.27. The van der Waals surface area contributed by atoms with Crippen molar-refractivity contribution in [1.82, 2.24) is 4.90 Å². The van der Waals surface area contributed by atoms with E-state index < -0.39 is 23.2 Å². The van der Waals surface area contributed by atoms with Crippen LogP contribution >= 0.6 is 11.6 Å². The summed E-state index contributed by atoms with van der Waals surface area (Å²) in [6.07, 6.45) is 6.55. The van der Waals surface area contributed by atoms with Crippen molar-refractivity contribution in [2.24, 2.45) is 5.92 Å². The molecule has 2 aliphatic rings. The number of carbonyl (C=O) groups excluding carboxylic acids is 2. The zero-order chi connectivity index (χ0) is 18.7. The molecule has 8 heteroatoms. The van der Waals surface area contributed by atoms with E-state index >= 15 is 0 Å². The third kappa shape index (κ3) is 3.98. The fourth-order valence-electron chi connectivity index (χ4n) is 4.05. The Bertz CT molecular complexity index is 722. The van der Waals surface area contributed by atoms with Crippen molar-refractivity contribution in [2.75, 3.05) is 13.2 Å². The molecule has 0 aromatic heterocycles.